The molecule has 2 radical (unpaired) electrons. The summed E-state index contributed by atoms with van der Waals surface area (Å²) in [6.45, 7) is 13.9. The zero-order chi connectivity index (χ0) is 19.3. The summed E-state index contributed by atoms with van der Waals surface area (Å²) >= 11 is 1.36. The molecule has 0 saturated carbocycles. The van der Waals surface area contributed by atoms with E-state index < -0.39 is 0 Å². The second-order valence-electron chi connectivity index (χ2n) is 6.60. The molecule has 30 heavy (non-hydrogen) atoms. The van der Waals surface area contributed by atoms with Crippen LogP contribution in [-0.4, -0.2) is 6.88 Å². The van der Waals surface area contributed by atoms with Gasteiger partial charge in [0.15, 0.2) is 0 Å². The third kappa shape index (κ3) is 7.75. The number of halogens is 2. The van der Waals surface area contributed by atoms with Crippen LogP contribution in [0.3, 0.4) is 0 Å². The van der Waals surface area contributed by atoms with Gasteiger partial charge >= 0.3 is 30.2 Å². The van der Waals surface area contributed by atoms with Crippen molar-refractivity contribution < 1.29 is 27.8 Å². The fraction of sp³-hybridized carbons (Fsp3) is 0.240. The normalized spacial score (nSPS) is 13.7. The van der Waals surface area contributed by atoms with Crippen LogP contribution in [0, 0.1) is 33.8 Å². The molecule has 1 atom stereocenters. The number of aryl methyl sites for hydroxylation is 1. The summed E-state index contributed by atoms with van der Waals surface area (Å²) in [7, 11) is 0. The van der Waals surface area contributed by atoms with E-state index in [0.29, 0.717) is 5.92 Å². The Hall–Kier alpha value is -0.730. The average Bonchev–Trinajstić information content (AvgIpc) is 3.33. The molecule has 4 rings (SSSR count). The molecule has 0 bridgehead atoms. The number of furan rings is 1. The summed E-state index contributed by atoms with van der Waals surface area (Å²) in [5.74, 6) is 0.560. The molecule has 2 aromatic carbocycles. The van der Waals surface area contributed by atoms with Crippen LogP contribution < -0.4 is 0 Å². The van der Waals surface area contributed by atoms with Crippen LogP contribution in [0.15, 0.2) is 70.1 Å². The Balaban J connectivity index is -0.000000431. The van der Waals surface area contributed by atoms with Crippen LogP contribution >= 0.6 is 24.8 Å². The molecule has 0 N–H and O–H groups in total. The van der Waals surface area contributed by atoms with Gasteiger partial charge in [0.25, 0.3) is 0 Å². The van der Waals surface area contributed by atoms with Gasteiger partial charge in [-0.2, -0.15) is 11.1 Å². The van der Waals surface area contributed by atoms with E-state index in [-0.39, 0.29) is 39.7 Å². The minimum atomic E-state index is 0. The first-order chi connectivity index (χ1) is 12.5. The molecule has 5 heteroatoms. The Labute approximate surface area is 212 Å². The van der Waals surface area contributed by atoms with Crippen LogP contribution in [0.1, 0.15) is 33.3 Å². The molecule has 1 aromatic heterocycles. The monoisotopic (exact) mass is 536 g/mol. The summed E-state index contributed by atoms with van der Waals surface area (Å²) in [4.78, 5) is 0. The first-order valence-corrected chi connectivity index (χ1v) is 12.9. The number of fused-ring (bicyclic) bond motifs is 1. The number of hydrogen-bond acceptors (Lipinski definition) is 1. The van der Waals surface area contributed by atoms with Crippen molar-refractivity contribution in [3.05, 3.63) is 92.1 Å². The standard InChI is InChI=1S/C14H11O.C9H13.2CH3.2ClH.Si.Zr/c1-10-8-11-4-2-3-5-13(11)14(10)12-6-7-15-9-12;1-6-5-7(2)9(4)8(6)3;;;;;;/h2-9H,1H3;6H,1-4H3;2*1H3;2*1H;;/q4*-1;;;;. The van der Waals surface area contributed by atoms with Gasteiger partial charge in [0.2, 0.25) is 0 Å². The van der Waals surface area contributed by atoms with Crippen molar-refractivity contribution in [1.29, 1.82) is 0 Å². The molecular formula is C25H32Cl2OSiZr-4. The van der Waals surface area contributed by atoms with E-state index >= 15 is 0 Å². The molecule has 0 fully saturated rings. The topological polar surface area (TPSA) is 13.1 Å². The molecule has 0 aliphatic heterocycles. The van der Waals surface area contributed by atoms with Gasteiger partial charge in [-0.25, -0.2) is 5.57 Å². The first kappa shape index (κ1) is 33.9. The molecule has 1 unspecified atom stereocenters. The van der Waals surface area contributed by atoms with Crippen molar-refractivity contribution in [2.75, 3.05) is 0 Å². The Kier molecular flexibility index (Phi) is 18.1. The third-order valence-corrected chi connectivity index (χ3v) is 5.04. The third-order valence-electron chi connectivity index (χ3n) is 5.04. The van der Waals surface area contributed by atoms with Crippen LogP contribution in [0.25, 0.3) is 21.9 Å². The SMILES string of the molecule is CC1=[C-]C(C)C(C)=C1C.Cc1[cH-]c2ccccc2c1-c1ccoc1.Cl.Cl.[CH3-].[CH3-].[Si]=[Zr]. The van der Waals surface area contributed by atoms with E-state index in [0.717, 1.165) is 5.56 Å². The molecule has 1 heterocycles. The van der Waals surface area contributed by atoms with E-state index in [9.17, 15) is 0 Å². The zero-order valence-electron chi connectivity index (χ0n) is 18.9. The Morgan fingerprint density at radius 1 is 1.00 bits per heavy atom. The molecule has 164 valence electrons. The molecule has 1 aliphatic carbocycles. The van der Waals surface area contributed by atoms with Gasteiger partial charge in [0.05, 0.1) is 12.5 Å². The van der Waals surface area contributed by atoms with Crippen LogP contribution in [0.5, 0.6) is 0 Å². The van der Waals surface area contributed by atoms with Crippen LogP contribution in [-0.2, 0) is 23.3 Å². The van der Waals surface area contributed by atoms with E-state index in [1.54, 1.807) is 12.5 Å². The molecule has 0 spiro atoms. The zero-order valence-corrected chi connectivity index (χ0v) is 24.0. The van der Waals surface area contributed by atoms with Gasteiger partial charge in [0, 0.05) is 0 Å². The van der Waals surface area contributed by atoms with Crippen LogP contribution in [0.2, 0.25) is 0 Å². The van der Waals surface area contributed by atoms with E-state index in [1.165, 1.54) is 62.0 Å². The molecule has 3 aromatic rings. The number of hydrogen-bond donors (Lipinski definition) is 0. The van der Waals surface area contributed by atoms with Gasteiger partial charge in [-0.3, -0.25) is 6.08 Å². The Morgan fingerprint density at radius 3 is 2.03 bits per heavy atom. The Morgan fingerprint density at radius 2 is 1.60 bits per heavy atom. The predicted octanol–water partition coefficient (Wildman–Crippen LogP) is 8.21. The predicted molar refractivity (Wildman–Crippen MR) is 135 cm³/mol. The quantitative estimate of drug-likeness (QED) is 0.225. The summed E-state index contributed by atoms with van der Waals surface area (Å²) in [5.41, 5.74) is 8.00. The summed E-state index contributed by atoms with van der Waals surface area (Å²) in [6.07, 6.45) is 6.88. The van der Waals surface area contributed by atoms with Gasteiger partial charge < -0.3 is 19.3 Å². The van der Waals surface area contributed by atoms with Crippen molar-refractivity contribution in [2.45, 2.75) is 34.6 Å². The summed E-state index contributed by atoms with van der Waals surface area (Å²) < 4.78 is 5.14. The molecular weight excluding hydrogens is 506 g/mol. The minimum absolute atomic E-state index is 0. The van der Waals surface area contributed by atoms with Crippen LogP contribution in [0.4, 0.5) is 0 Å². The summed E-state index contributed by atoms with van der Waals surface area (Å²) in [6, 6.07) is 12.7. The van der Waals surface area contributed by atoms with Crippen molar-refractivity contribution in [1.82, 2.24) is 0 Å². The Bertz CT molecular complexity index is 939. The van der Waals surface area contributed by atoms with E-state index in [1.807, 2.05) is 6.07 Å². The van der Waals surface area contributed by atoms with Gasteiger partial charge in [-0.05, 0) is 11.6 Å². The van der Waals surface area contributed by atoms with Crippen molar-refractivity contribution in [3.63, 3.8) is 0 Å². The molecule has 0 saturated heterocycles. The first-order valence-electron chi connectivity index (χ1n) is 8.69. The molecule has 0 amide bonds. The average molecular weight is 539 g/mol. The van der Waals surface area contributed by atoms with E-state index in [4.69, 9.17) is 4.42 Å². The van der Waals surface area contributed by atoms with Crippen molar-refractivity contribution >= 4 is 42.5 Å². The second-order valence-corrected chi connectivity index (χ2v) is 6.60. The van der Waals surface area contributed by atoms with Gasteiger partial charge in [-0.1, -0.05) is 39.7 Å². The fourth-order valence-electron chi connectivity index (χ4n) is 3.32. The second kappa shape index (κ2) is 16.0. The van der Waals surface area contributed by atoms with Gasteiger partial charge in [-0.15, -0.1) is 77.9 Å². The number of allylic oxidation sites excluding steroid dienone is 4. The van der Waals surface area contributed by atoms with E-state index in [2.05, 4.69) is 77.9 Å². The number of rotatable bonds is 1. The molecule has 1 aliphatic rings. The number of benzene rings is 1. The maximum absolute atomic E-state index is 5.14. The summed E-state index contributed by atoms with van der Waals surface area (Å²) in [5, 5.41) is 2.60. The molecule has 1 nitrogen and oxygen atoms in total. The fourth-order valence-corrected chi connectivity index (χ4v) is 3.32. The maximum atomic E-state index is 5.14. The van der Waals surface area contributed by atoms with Crippen molar-refractivity contribution in [3.8, 4) is 11.1 Å². The van der Waals surface area contributed by atoms with Crippen molar-refractivity contribution in [2.24, 2.45) is 5.92 Å². The van der Waals surface area contributed by atoms with Gasteiger partial charge in [0.1, 0.15) is 0 Å².